The van der Waals surface area contributed by atoms with Crippen LogP contribution in [-0.2, 0) is 0 Å². The zero-order chi connectivity index (χ0) is 22.0. The maximum Gasteiger partial charge on any atom is 0.274 e. The van der Waals surface area contributed by atoms with Gasteiger partial charge in [-0.25, -0.2) is 18.2 Å². The molecule has 1 fully saturated rings. The first-order valence-electron chi connectivity index (χ1n) is 10.3. The van der Waals surface area contributed by atoms with Crippen molar-refractivity contribution in [3.05, 3.63) is 65.4 Å². The molecule has 1 aliphatic heterocycles. The van der Waals surface area contributed by atoms with Crippen LogP contribution >= 0.6 is 0 Å². The van der Waals surface area contributed by atoms with Crippen LogP contribution in [0.15, 0.2) is 47.2 Å². The number of nitrogens with one attached hydrogen (secondary N) is 1. The van der Waals surface area contributed by atoms with Crippen molar-refractivity contribution >= 4 is 12.1 Å². The van der Waals surface area contributed by atoms with E-state index in [0.717, 1.165) is 49.9 Å². The van der Waals surface area contributed by atoms with Crippen molar-refractivity contribution in [2.45, 2.75) is 38.1 Å². The summed E-state index contributed by atoms with van der Waals surface area (Å²) in [6, 6.07) is 5.06. The number of hydrogen-bond donors (Lipinski definition) is 2. The zero-order valence-electron chi connectivity index (χ0n) is 16.8. The van der Waals surface area contributed by atoms with Gasteiger partial charge in [0.15, 0.2) is 0 Å². The van der Waals surface area contributed by atoms with Crippen molar-refractivity contribution in [3.63, 3.8) is 0 Å². The summed E-state index contributed by atoms with van der Waals surface area (Å²) in [6.07, 6.45) is 8.08. The fourth-order valence-corrected chi connectivity index (χ4v) is 4.37. The maximum absolute atomic E-state index is 14.3. The van der Waals surface area contributed by atoms with E-state index in [1.165, 1.54) is 6.07 Å². The Balaban J connectivity index is 1.57. The average molecular weight is 428 g/mol. The van der Waals surface area contributed by atoms with Crippen LogP contribution in [0.25, 0.3) is 11.3 Å². The molecule has 1 amide bonds. The van der Waals surface area contributed by atoms with Crippen LogP contribution in [0.5, 0.6) is 0 Å². The molecule has 2 aromatic rings. The molecule has 1 aromatic carbocycles. The molecular formula is C23H23F3N4O. The number of hydrogen-bond acceptors (Lipinski definition) is 4. The van der Waals surface area contributed by atoms with Gasteiger partial charge in [-0.15, -0.1) is 0 Å². The highest BCUT2D eigenvalue weighted by molar-refractivity contribution is 5.94. The van der Waals surface area contributed by atoms with E-state index < -0.39 is 29.1 Å². The van der Waals surface area contributed by atoms with Crippen molar-refractivity contribution < 1.29 is 18.0 Å². The molecule has 4 rings (SSSR count). The number of nitrogens with zero attached hydrogens (tertiary/aromatic N) is 2. The van der Waals surface area contributed by atoms with Crippen molar-refractivity contribution in [3.8, 4) is 11.3 Å². The molecule has 0 saturated heterocycles. The Labute approximate surface area is 178 Å². The van der Waals surface area contributed by atoms with E-state index in [1.807, 2.05) is 6.21 Å². The number of amides is 1. The summed E-state index contributed by atoms with van der Waals surface area (Å²) in [7, 11) is 0. The third kappa shape index (κ3) is 4.69. The van der Waals surface area contributed by atoms with Crippen LogP contribution in [0, 0.1) is 29.3 Å². The number of nitrogens with two attached hydrogens (primary N) is 1. The second-order valence-corrected chi connectivity index (χ2v) is 8.05. The minimum atomic E-state index is -0.850. The Hall–Kier alpha value is -3.00. The Kier molecular flexibility index (Phi) is 6.18. The van der Waals surface area contributed by atoms with Crippen LogP contribution in [0.1, 0.15) is 42.6 Å². The molecule has 1 aliphatic carbocycles. The third-order valence-electron chi connectivity index (χ3n) is 5.92. The molecule has 8 heteroatoms. The van der Waals surface area contributed by atoms with Gasteiger partial charge in [0.2, 0.25) is 0 Å². The van der Waals surface area contributed by atoms with E-state index in [1.54, 1.807) is 6.20 Å². The van der Waals surface area contributed by atoms with Gasteiger partial charge >= 0.3 is 0 Å². The molecule has 2 heterocycles. The summed E-state index contributed by atoms with van der Waals surface area (Å²) >= 11 is 0. The quantitative estimate of drug-likeness (QED) is 0.760. The first kappa shape index (κ1) is 21.2. The summed E-state index contributed by atoms with van der Waals surface area (Å²) in [5.74, 6) is -2.56. The lowest BCUT2D eigenvalue weighted by molar-refractivity contribution is 0.0951. The highest BCUT2D eigenvalue weighted by Gasteiger charge is 2.31. The Morgan fingerprint density at radius 3 is 2.71 bits per heavy atom. The van der Waals surface area contributed by atoms with Gasteiger partial charge in [-0.05, 0) is 61.9 Å². The number of aromatic nitrogens is 1. The molecule has 2 aliphatic rings. The van der Waals surface area contributed by atoms with E-state index in [-0.39, 0.29) is 23.2 Å². The lowest BCUT2D eigenvalue weighted by Crippen LogP contribution is -2.37. The first-order valence-corrected chi connectivity index (χ1v) is 10.3. The van der Waals surface area contributed by atoms with E-state index in [0.29, 0.717) is 18.0 Å². The van der Waals surface area contributed by atoms with Gasteiger partial charge < -0.3 is 11.1 Å². The molecule has 5 nitrogen and oxygen atoms in total. The Morgan fingerprint density at radius 1 is 1.10 bits per heavy atom. The molecule has 1 saturated carbocycles. The van der Waals surface area contributed by atoms with Gasteiger partial charge in [-0.1, -0.05) is 6.42 Å². The van der Waals surface area contributed by atoms with Gasteiger partial charge in [0, 0.05) is 35.6 Å². The van der Waals surface area contributed by atoms with Gasteiger partial charge in [0.25, 0.3) is 5.91 Å². The topological polar surface area (TPSA) is 80.4 Å². The fourth-order valence-electron chi connectivity index (χ4n) is 4.37. The van der Waals surface area contributed by atoms with Crippen molar-refractivity contribution in [2.24, 2.45) is 22.6 Å². The second-order valence-electron chi connectivity index (χ2n) is 8.05. The number of benzene rings is 1. The predicted molar refractivity (Wildman–Crippen MR) is 112 cm³/mol. The summed E-state index contributed by atoms with van der Waals surface area (Å²) < 4.78 is 42.0. The Bertz CT molecular complexity index is 1050. The molecular weight excluding hydrogens is 405 g/mol. The molecule has 1 aromatic heterocycles. The molecule has 0 spiro atoms. The fraction of sp³-hybridized carbons (Fsp3) is 0.348. The molecule has 0 bridgehead atoms. The number of rotatable bonds is 4. The second kappa shape index (κ2) is 9.01. The summed E-state index contributed by atoms with van der Waals surface area (Å²) in [4.78, 5) is 21.0. The largest absolute Gasteiger partial charge is 0.328 e. The maximum atomic E-state index is 14.3. The van der Waals surface area contributed by atoms with Crippen LogP contribution in [0.2, 0.25) is 0 Å². The molecule has 162 valence electrons. The van der Waals surface area contributed by atoms with Crippen LogP contribution in [0.3, 0.4) is 0 Å². The van der Waals surface area contributed by atoms with Crippen molar-refractivity contribution in [2.75, 3.05) is 0 Å². The highest BCUT2D eigenvalue weighted by atomic mass is 19.1. The van der Waals surface area contributed by atoms with Crippen LogP contribution < -0.4 is 11.1 Å². The number of allylic oxidation sites excluding steroid dienone is 1. The monoisotopic (exact) mass is 428 g/mol. The standard InChI is InChI=1S/C23H23F3N4O/c24-14-4-5-18(25)17(11-14)22-19(26)6-7-20(29-22)23(31)30-21-12-28-9-8-16(21)13-2-1-3-15(27)10-13/h4-7,9,11-13,15-16H,1-3,8,10,27H2,(H,30,31)/t13-,15+,16?/m1/s1. The zero-order valence-corrected chi connectivity index (χ0v) is 16.8. The minimum absolute atomic E-state index is 0.0772. The summed E-state index contributed by atoms with van der Waals surface area (Å²) in [6.45, 7) is 0. The van der Waals surface area contributed by atoms with Crippen molar-refractivity contribution in [1.29, 1.82) is 0 Å². The average Bonchev–Trinajstić information content (AvgIpc) is 2.76. The van der Waals surface area contributed by atoms with Crippen LogP contribution in [0.4, 0.5) is 13.2 Å². The van der Waals surface area contributed by atoms with E-state index in [2.05, 4.69) is 15.3 Å². The van der Waals surface area contributed by atoms with Gasteiger partial charge in [0.1, 0.15) is 28.8 Å². The third-order valence-corrected chi connectivity index (χ3v) is 5.92. The molecule has 31 heavy (non-hydrogen) atoms. The number of carbonyl (C=O) groups excluding carboxylic acids is 1. The number of pyridine rings is 1. The van der Waals surface area contributed by atoms with Gasteiger partial charge in [-0.2, -0.15) is 0 Å². The highest BCUT2D eigenvalue weighted by Crippen LogP contribution is 2.35. The Morgan fingerprint density at radius 2 is 1.90 bits per heavy atom. The number of carbonyl (C=O) groups is 1. The SMILES string of the molecule is N[C@H]1CCC[C@@H](C2CC=NC=C2NC(=O)c2ccc(F)c(-c3cc(F)ccc3F)n2)C1. The van der Waals surface area contributed by atoms with Gasteiger partial charge in [-0.3, -0.25) is 9.79 Å². The molecule has 0 radical (unpaired) electrons. The molecule has 1 unspecified atom stereocenters. The van der Waals surface area contributed by atoms with E-state index >= 15 is 0 Å². The van der Waals surface area contributed by atoms with Crippen LogP contribution in [-0.4, -0.2) is 23.1 Å². The van der Waals surface area contributed by atoms with E-state index in [4.69, 9.17) is 5.73 Å². The normalized spacial score (nSPS) is 23.4. The van der Waals surface area contributed by atoms with E-state index in [9.17, 15) is 18.0 Å². The predicted octanol–water partition coefficient (Wildman–Crippen LogP) is 4.35. The lowest BCUT2D eigenvalue weighted by Gasteiger charge is -2.34. The summed E-state index contributed by atoms with van der Waals surface area (Å²) in [5, 5.41) is 2.84. The lowest BCUT2D eigenvalue weighted by atomic mass is 9.75. The van der Waals surface area contributed by atoms with Crippen molar-refractivity contribution in [1.82, 2.24) is 10.3 Å². The minimum Gasteiger partial charge on any atom is -0.328 e. The number of halogens is 3. The molecule has 3 N–H and O–H groups in total. The number of aliphatic imine (C=N–C) groups is 1. The van der Waals surface area contributed by atoms with Gasteiger partial charge in [0.05, 0.1) is 0 Å². The first-order chi connectivity index (χ1) is 14.9. The molecule has 3 atom stereocenters. The summed E-state index contributed by atoms with van der Waals surface area (Å²) in [5.41, 5.74) is 5.93. The smallest absolute Gasteiger partial charge is 0.274 e.